The maximum Gasteiger partial charge on any atom is 0.00414 e. The summed E-state index contributed by atoms with van der Waals surface area (Å²) >= 11 is 0. The normalized spacial score (nSPS) is 27.5. The SMILES string of the molecule is C=CCCCCCC1CCCC(N)C1. The summed E-state index contributed by atoms with van der Waals surface area (Å²) in [5.41, 5.74) is 5.96. The van der Waals surface area contributed by atoms with Crippen LogP contribution in [0.25, 0.3) is 0 Å². The number of hydrogen-bond donors (Lipinski definition) is 1. The van der Waals surface area contributed by atoms with Crippen LogP contribution in [0, 0.1) is 5.92 Å². The summed E-state index contributed by atoms with van der Waals surface area (Å²) in [6.07, 6.45) is 14.0. The molecule has 0 aromatic rings. The van der Waals surface area contributed by atoms with Crippen molar-refractivity contribution in [3.8, 4) is 0 Å². The second kappa shape index (κ2) is 7.05. The average molecular weight is 195 g/mol. The number of allylic oxidation sites excluding steroid dienone is 1. The van der Waals surface area contributed by atoms with E-state index in [1.807, 2.05) is 6.08 Å². The van der Waals surface area contributed by atoms with Gasteiger partial charge >= 0.3 is 0 Å². The van der Waals surface area contributed by atoms with Gasteiger partial charge in [-0.25, -0.2) is 0 Å². The third-order valence-corrected chi connectivity index (χ3v) is 3.34. The molecule has 0 aromatic heterocycles. The minimum Gasteiger partial charge on any atom is -0.328 e. The molecule has 1 aliphatic carbocycles. The first kappa shape index (κ1) is 11.8. The highest BCUT2D eigenvalue weighted by Crippen LogP contribution is 2.27. The Morgan fingerprint density at radius 1 is 1.21 bits per heavy atom. The lowest BCUT2D eigenvalue weighted by Crippen LogP contribution is -2.27. The van der Waals surface area contributed by atoms with Crippen molar-refractivity contribution in [1.29, 1.82) is 0 Å². The van der Waals surface area contributed by atoms with Gasteiger partial charge in [0.25, 0.3) is 0 Å². The van der Waals surface area contributed by atoms with E-state index in [0.717, 1.165) is 5.92 Å². The fourth-order valence-corrected chi connectivity index (χ4v) is 2.49. The molecule has 0 saturated heterocycles. The Balaban J connectivity index is 1.97. The predicted octanol–water partition coefficient (Wildman–Crippen LogP) is 3.64. The summed E-state index contributed by atoms with van der Waals surface area (Å²) < 4.78 is 0. The molecule has 0 heterocycles. The smallest absolute Gasteiger partial charge is 0.00414 e. The minimum absolute atomic E-state index is 0.502. The summed E-state index contributed by atoms with van der Waals surface area (Å²) in [5, 5.41) is 0. The molecule has 0 aliphatic heterocycles. The molecule has 0 spiro atoms. The topological polar surface area (TPSA) is 26.0 Å². The zero-order valence-corrected chi connectivity index (χ0v) is 9.38. The third-order valence-electron chi connectivity index (χ3n) is 3.34. The Hall–Kier alpha value is -0.300. The Morgan fingerprint density at radius 2 is 2.07 bits per heavy atom. The predicted molar refractivity (Wildman–Crippen MR) is 63.2 cm³/mol. The molecule has 1 saturated carbocycles. The van der Waals surface area contributed by atoms with Crippen molar-refractivity contribution in [2.75, 3.05) is 0 Å². The molecule has 0 radical (unpaired) electrons. The highest BCUT2D eigenvalue weighted by atomic mass is 14.6. The van der Waals surface area contributed by atoms with Gasteiger partial charge in [-0.3, -0.25) is 0 Å². The second-order valence-electron chi connectivity index (χ2n) is 4.72. The van der Waals surface area contributed by atoms with Crippen molar-refractivity contribution in [3.05, 3.63) is 12.7 Å². The summed E-state index contributed by atoms with van der Waals surface area (Å²) in [6, 6.07) is 0.502. The van der Waals surface area contributed by atoms with Crippen molar-refractivity contribution >= 4 is 0 Å². The van der Waals surface area contributed by atoms with Gasteiger partial charge in [0.15, 0.2) is 0 Å². The van der Waals surface area contributed by atoms with Crippen LogP contribution in [0.3, 0.4) is 0 Å². The molecule has 0 amide bonds. The first-order valence-electron chi connectivity index (χ1n) is 6.19. The van der Waals surface area contributed by atoms with E-state index in [4.69, 9.17) is 5.73 Å². The molecule has 1 heteroatoms. The van der Waals surface area contributed by atoms with E-state index in [9.17, 15) is 0 Å². The van der Waals surface area contributed by atoms with Crippen molar-refractivity contribution in [2.24, 2.45) is 11.7 Å². The molecule has 2 N–H and O–H groups in total. The average Bonchev–Trinajstić information content (AvgIpc) is 2.18. The highest BCUT2D eigenvalue weighted by molar-refractivity contribution is 4.75. The first-order chi connectivity index (χ1) is 6.83. The van der Waals surface area contributed by atoms with Crippen molar-refractivity contribution < 1.29 is 0 Å². The minimum atomic E-state index is 0.502. The molecule has 2 unspecified atom stereocenters. The standard InChI is InChI=1S/C13H25N/c1-2-3-4-5-6-8-12-9-7-10-13(14)11-12/h2,12-13H,1,3-11,14H2. The van der Waals surface area contributed by atoms with Gasteiger partial charge in [0, 0.05) is 6.04 Å². The fourth-order valence-electron chi connectivity index (χ4n) is 2.49. The lowest BCUT2D eigenvalue weighted by atomic mass is 9.83. The molecule has 1 fully saturated rings. The monoisotopic (exact) mass is 195 g/mol. The maximum atomic E-state index is 5.96. The van der Waals surface area contributed by atoms with Crippen LogP contribution >= 0.6 is 0 Å². The van der Waals surface area contributed by atoms with Gasteiger partial charge in [-0.2, -0.15) is 0 Å². The second-order valence-corrected chi connectivity index (χ2v) is 4.72. The zero-order valence-electron chi connectivity index (χ0n) is 9.38. The van der Waals surface area contributed by atoms with Gasteiger partial charge in [-0.1, -0.05) is 38.2 Å². The van der Waals surface area contributed by atoms with Crippen LogP contribution in [-0.4, -0.2) is 6.04 Å². The Labute approximate surface area is 88.8 Å². The Morgan fingerprint density at radius 3 is 2.79 bits per heavy atom. The Bertz CT molecular complexity index is 153. The van der Waals surface area contributed by atoms with Gasteiger partial charge in [0.2, 0.25) is 0 Å². The van der Waals surface area contributed by atoms with E-state index < -0.39 is 0 Å². The molecular weight excluding hydrogens is 170 g/mol. The summed E-state index contributed by atoms with van der Waals surface area (Å²) in [6.45, 7) is 3.74. The molecule has 14 heavy (non-hydrogen) atoms. The lowest BCUT2D eigenvalue weighted by Gasteiger charge is -2.26. The number of hydrogen-bond acceptors (Lipinski definition) is 1. The highest BCUT2D eigenvalue weighted by Gasteiger charge is 2.18. The maximum absolute atomic E-state index is 5.96. The largest absolute Gasteiger partial charge is 0.328 e. The van der Waals surface area contributed by atoms with Gasteiger partial charge < -0.3 is 5.73 Å². The molecule has 1 rings (SSSR count). The number of unbranched alkanes of at least 4 members (excludes halogenated alkanes) is 3. The quantitative estimate of drug-likeness (QED) is 0.508. The van der Waals surface area contributed by atoms with Crippen LogP contribution in [0.5, 0.6) is 0 Å². The Kier molecular flexibility index (Phi) is 5.93. The van der Waals surface area contributed by atoms with Crippen LogP contribution in [-0.2, 0) is 0 Å². The zero-order chi connectivity index (χ0) is 10.2. The first-order valence-corrected chi connectivity index (χ1v) is 6.19. The van der Waals surface area contributed by atoms with Crippen LogP contribution in [0.15, 0.2) is 12.7 Å². The summed E-state index contributed by atoms with van der Waals surface area (Å²) in [5.74, 6) is 0.933. The van der Waals surface area contributed by atoms with Gasteiger partial charge in [0.05, 0.1) is 0 Å². The van der Waals surface area contributed by atoms with Gasteiger partial charge in [-0.15, -0.1) is 6.58 Å². The van der Waals surface area contributed by atoms with E-state index >= 15 is 0 Å². The van der Waals surface area contributed by atoms with E-state index in [1.165, 1.54) is 57.8 Å². The van der Waals surface area contributed by atoms with Crippen molar-refractivity contribution in [1.82, 2.24) is 0 Å². The molecule has 2 atom stereocenters. The lowest BCUT2D eigenvalue weighted by molar-refractivity contribution is 0.299. The molecule has 0 bridgehead atoms. The molecular formula is C13H25N. The van der Waals surface area contributed by atoms with E-state index in [0.29, 0.717) is 6.04 Å². The van der Waals surface area contributed by atoms with Crippen LogP contribution in [0.1, 0.15) is 57.8 Å². The van der Waals surface area contributed by atoms with E-state index in [1.54, 1.807) is 0 Å². The number of rotatable bonds is 6. The summed E-state index contributed by atoms with van der Waals surface area (Å²) in [4.78, 5) is 0. The molecule has 1 aliphatic rings. The third kappa shape index (κ3) is 4.80. The molecule has 82 valence electrons. The van der Waals surface area contributed by atoms with Crippen molar-refractivity contribution in [2.45, 2.75) is 63.8 Å². The van der Waals surface area contributed by atoms with E-state index in [-0.39, 0.29) is 0 Å². The summed E-state index contributed by atoms with van der Waals surface area (Å²) in [7, 11) is 0. The van der Waals surface area contributed by atoms with Crippen LogP contribution in [0.4, 0.5) is 0 Å². The van der Waals surface area contributed by atoms with Gasteiger partial charge in [-0.05, 0) is 31.6 Å². The van der Waals surface area contributed by atoms with Crippen LogP contribution < -0.4 is 5.73 Å². The van der Waals surface area contributed by atoms with E-state index in [2.05, 4.69) is 6.58 Å². The van der Waals surface area contributed by atoms with Crippen molar-refractivity contribution in [3.63, 3.8) is 0 Å². The fraction of sp³-hybridized carbons (Fsp3) is 0.846. The van der Waals surface area contributed by atoms with Crippen LogP contribution in [0.2, 0.25) is 0 Å². The molecule has 0 aromatic carbocycles. The molecule has 1 nitrogen and oxygen atoms in total. The number of nitrogens with two attached hydrogens (primary N) is 1. The van der Waals surface area contributed by atoms with Gasteiger partial charge in [0.1, 0.15) is 0 Å².